The zero-order valence-electron chi connectivity index (χ0n) is 7.61. The highest BCUT2D eigenvalue weighted by Gasteiger charge is 2.31. The van der Waals surface area contributed by atoms with Gasteiger partial charge in [0, 0.05) is 0 Å². The van der Waals surface area contributed by atoms with Gasteiger partial charge >= 0.3 is 0 Å². The summed E-state index contributed by atoms with van der Waals surface area (Å²) in [4.78, 5) is 10.0. The van der Waals surface area contributed by atoms with Crippen LogP contribution in [0.3, 0.4) is 0 Å². The van der Waals surface area contributed by atoms with Gasteiger partial charge in [0.15, 0.2) is 6.29 Å². The predicted octanol–water partition coefficient (Wildman–Crippen LogP) is -1.91. The second-order valence-corrected chi connectivity index (χ2v) is 2.77. The molecule has 14 heavy (non-hydrogen) atoms. The lowest BCUT2D eigenvalue weighted by molar-refractivity contribution is -0.132. The van der Waals surface area contributed by atoms with Crippen molar-refractivity contribution in [1.29, 1.82) is 0 Å². The average Bonchev–Trinajstić information content (AvgIpc) is 2.23. The van der Waals surface area contributed by atoms with Crippen LogP contribution in [-0.4, -0.2) is 56.2 Å². The fraction of sp³-hybridized carbons (Fsp3) is 0.625. The third-order valence-corrected chi connectivity index (χ3v) is 1.76. The Morgan fingerprint density at radius 2 is 1.64 bits per heavy atom. The summed E-state index contributed by atoms with van der Waals surface area (Å²) in [7, 11) is 0. The molecule has 0 aliphatic carbocycles. The van der Waals surface area contributed by atoms with Gasteiger partial charge in [-0.05, 0) is 13.0 Å². The van der Waals surface area contributed by atoms with E-state index in [9.17, 15) is 4.79 Å². The van der Waals surface area contributed by atoms with Crippen LogP contribution in [0.1, 0.15) is 6.92 Å². The van der Waals surface area contributed by atoms with Gasteiger partial charge in [0.05, 0.1) is 0 Å². The van der Waals surface area contributed by atoms with Gasteiger partial charge in [-0.3, -0.25) is 0 Å². The lowest BCUT2D eigenvalue weighted by atomic mass is 10.0. The molecule has 6 nitrogen and oxygen atoms in total. The summed E-state index contributed by atoms with van der Waals surface area (Å²) in [5.41, 5.74) is 0. The van der Waals surface area contributed by atoms with Crippen LogP contribution < -0.4 is 0 Å². The number of rotatable bonds is 5. The second kappa shape index (κ2) is 5.71. The molecule has 0 bridgehead atoms. The lowest BCUT2D eigenvalue weighted by Crippen LogP contribution is -2.45. The summed E-state index contributed by atoms with van der Waals surface area (Å²) in [6.07, 6.45) is -6.06. The standard InChI is InChI=1S/C8H14O6/c1-2-4(10)6(12)8(14)7(13)5(11)3-9/h2-3,5-8,10-14H,1H3/t5-,6+,7+,8+/m0/s1. The summed E-state index contributed by atoms with van der Waals surface area (Å²) in [6.45, 7) is 1.41. The maximum absolute atomic E-state index is 10.0. The summed E-state index contributed by atoms with van der Waals surface area (Å²) >= 11 is 0. The van der Waals surface area contributed by atoms with Gasteiger partial charge in [0.1, 0.15) is 30.2 Å². The Balaban J connectivity index is 4.45. The van der Waals surface area contributed by atoms with E-state index in [4.69, 9.17) is 25.5 Å². The highest BCUT2D eigenvalue weighted by molar-refractivity contribution is 5.56. The van der Waals surface area contributed by atoms with E-state index in [1.807, 2.05) is 0 Å². The second-order valence-electron chi connectivity index (χ2n) is 2.77. The average molecular weight is 206 g/mol. The molecule has 82 valence electrons. The zero-order valence-corrected chi connectivity index (χ0v) is 7.61. The van der Waals surface area contributed by atoms with Crippen molar-refractivity contribution in [3.8, 4) is 0 Å². The monoisotopic (exact) mass is 206 g/mol. The van der Waals surface area contributed by atoms with E-state index < -0.39 is 30.2 Å². The number of aliphatic hydroxyl groups excluding tert-OH is 5. The molecule has 0 radical (unpaired) electrons. The molecule has 0 aromatic heterocycles. The van der Waals surface area contributed by atoms with E-state index in [-0.39, 0.29) is 6.29 Å². The summed E-state index contributed by atoms with van der Waals surface area (Å²) < 4.78 is 0. The Morgan fingerprint density at radius 1 is 1.14 bits per heavy atom. The van der Waals surface area contributed by atoms with Gasteiger partial charge < -0.3 is 30.3 Å². The molecule has 6 heteroatoms. The lowest BCUT2D eigenvalue weighted by Gasteiger charge is -2.23. The van der Waals surface area contributed by atoms with E-state index in [1.54, 1.807) is 0 Å². The Labute approximate surface area is 80.7 Å². The van der Waals surface area contributed by atoms with Crippen LogP contribution in [0.25, 0.3) is 0 Å². The van der Waals surface area contributed by atoms with E-state index in [0.29, 0.717) is 0 Å². The first-order valence-electron chi connectivity index (χ1n) is 3.98. The minimum atomic E-state index is -1.84. The highest BCUT2D eigenvalue weighted by Crippen LogP contribution is 2.09. The van der Waals surface area contributed by atoms with Crippen molar-refractivity contribution < 1.29 is 30.3 Å². The smallest absolute Gasteiger partial charge is 0.151 e. The quantitative estimate of drug-likeness (QED) is 0.264. The molecule has 0 spiro atoms. The summed E-state index contributed by atoms with van der Waals surface area (Å²) in [5.74, 6) is -0.547. The Bertz CT molecular complexity index is 214. The Kier molecular flexibility index (Phi) is 5.32. The normalized spacial score (nSPS) is 21.1. The molecule has 0 saturated carbocycles. The summed E-state index contributed by atoms with van der Waals surface area (Å²) in [5, 5.41) is 45.2. The van der Waals surface area contributed by atoms with E-state index in [0.717, 1.165) is 6.08 Å². The molecular weight excluding hydrogens is 192 g/mol. The first kappa shape index (κ1) is 13.1. The van der Waals surface area contributed by atoms with E-state index in [1.165, 1.54) is 6.92 Å². The molecule has 0 aliphatic rings. The molecule has 5 N–H and O–H groups in total. The maximum Gasteiger partial charge on any atom is 0.151 e. The van der Waals surface area contributed by atoms with Crippen molar-refractivity contribution >= 4 is 6.29 Å². The van der Waals surface area contributed by atoms with E-state index >= 15 is 0 Å². The van der Waals surface area contributed by atoms with Gasteiger partial charge in [0.25, 0.3) is 0 Å². The predicted molar refractivity (Wildman–Crippen MR) is 46.5 cm³/mol. The first-order chi connectivity index (χ1) is 6.45. The van der Waals surface area contributed by atoms with Gasteiger partial charge in [0.2, 0.25) is 0 Å². The van der Waals surface area contributed by atoms with Crippen LogP contribution in [0.2, 0.25) is 0 Å². The van der Waals surface area contributed by atoms with Gasteiger partial charge in [-0.1, -0.05) is 0 Å². The van der Waals surface area contributed by atoms with Crippen LogP contribution in [0.4, 0.5) is 0 Å². The molecule has 0 aromatic carbocycles. The SMILES string of the molecule is CC=C(O)[C@@H](O)[C@@H](O)[C@H](O)[C@@H](O)C=O. The third kappa shape index (κ3) is 3.08. The zero-order chi connectivity index (χ0) is 11.3. The van der Waals surface area contributed by atoms with E-state index in [2.05, 4.69) is 0 Å². The van der Waals surface area contributed by atoms with Gasteiger partial charge in [-0.25, -0.2) is 0 Å². The van der Waals surface area contributed by atoms with Crippen LogP contribution in [0.5, 0.6) is 0 Å². The number of carbonyl (C=O) groups is 1. The largest absolute Gasteiger partial charge is 0.510 e. The number of aldehydes is 1. The van der Waals surface area contributed by atoms with Gasteiger partial charge in [-0.15, -0.1) is 0 Å². The Morgan fingerprint density at radius 3 is 2.00 bits per heavy atom. The van der Waals surface area contributed by atoms with Gasteiger partial charge in [-0.2, -0.15) is 0 Å². The third-order valence-electron chi connectivity index (χ3n) is 1.76. The fourth-order valence-corrected chi connectivity index (χ4v) is 0.815. The molecule has 4 atom stereocenters. The first-order valence-corrected chi connectivity index (χ1v) is 3.98. The van der Waals surface area contributed by atoms with Crippen LogP contribution in [0.15, 0.2) is 11.8 Å². The van der Waals surface area contributed by atoms with Crippen LogP contribution in [-0.2, 0) is 4.79 Å². The molecule has 0 aromatic rings. The molecule has 0 saturated heterocycles. The highest BCUT2D eigenvalue weighted by atomic mass is 16.4. The molecule has 0 unspecified atom stereocenters. The number of hydrogen-bond acceptors (Lipinski definition) is 6. The summed E-state index contributed by atoms with van der Waals surface area (Å²) in [6, 6.07) is 0. The number of carbonyl (C=O) groups excluding carboxylic acids is 1. The van der Waals surface area contributed by atoms with Crippen molar-refractivity contribution in [3.63, 3.8) is 0 Å². The number of aliphatic hydroxyl groups is 5. The molecular formula is C8H14O6. The molecule has 0 aliphatic heterocycles. The molecule has 0 heterocycles. The minimum Gasteiger partial charge on any atom is -0.510 e. The molecule has 0 amide bonds. The fourth-order valence-electron chi connectivity index (χ4n) is 0.815. The van der Waals surface area contributed by atoms with Crippen molar-refractivity contribution in [2.24, 2.45) is 0 Å². The van der Waals surface area contributed by atoms with Crippen LogP contribution >= 0.6 is 0 Å². The Hall–Kier alpha value is -0.950. The number of hydrogen-bond donors (Lipinski definition) is 5. The van der Waals surface area contributed by atoms with Crippen molar-refractivity contribution in [2.45, 2.75) is 31.3 Å². The minimum absolute atomic E-state index is 0.0211. The molecule has 0 rings (SSSR count). The maximum atomic E-state index is 10.0. The number of allylic oxidation sites excluding steroid dienone is 1. The van der Waals surface area contributed by atoms with Crippen molar-refractivity contribution in [1.82, 2.24) is 0 Å². The van der Waals surface area contributed by atoms with Crippen LogP contribution in [0, 0.1) is 0 Å². The van der Waals surface area contributed by atoms with Crippen molar-refractivity contribution in [3.05, 3.63) is 11.8 Å². The molecule has 0 fully saturated rings. The topological polar surface area (TPSA) is 118 Å². The van der Waals surface area contributed by atoms with Crippen molar-refractivity contribution in [2.75, 3.05) is 0 Å².